The molecule has 0 spiro atoms. The summed E-state index contributed by atoms with van der Waals surface area (Å²) in [6.07, 6.45) is 2.25. The molecule has 3 rings (SSSR count). The number of para-hydroxylation sites is 1. The molecule has 1 aliphatic rings. The van der Waals surface area contributed by atoms with Gasteiger partial charge in [0.05, 0.1) is 12.1 Å². The van der Waals surface area contributed by atoms with Gasteiger partial charge in [-0.1, -0.05) is 30.4 Å². The van der Waals surface area contributed by atoms with E-state index in [0.29, 0.717) is 12.6 Å². The number of hydrogen-bond donors (Lipinski definition) is 2. The van der Waals surface area contributed by atoms with Crippen LogP contribution in [0.1, 0.15) is 32.3 Å². The predicted octanol–water partition coefficient (Wildman–Crippen LogP) is 3.40. The molecule has 6 heteroatoms. The van der Waals surface area contributed by atoms with Crippen LogP contribution in [0.15, 0.2) is 47.5 Å². The van der Waals surface area contributed by atoms with Crippen molar-refractivity contribution < 1.29 is 0 Å². The maximum absolute atomic E-state index is 4.92. The van der Waals surface area contributed by atoms with Gasteiger partial charge in [0.1, 0.15) is 5.82 Å². The summed E-state index contributed by atoms with van der Waals surface area (Å²) in [7, 11) is 4.05. The number of aromatic nitrogens is 1. The summed E-state index contributed by atoms with van der Waals surface area (Å²) in [6.45, 7) is 12.9. The van der Waals surface area contributed by atoms with Gasteiger partial charge < -0.3 is 15.5 Å². The average molecular weight is 409 g/mol. The van der Waals surface area contributed by atoms with Gasteiger partial charge in [-0.15, -0.1) is 0 Å². The molecule has 0 amide bonds. The van der Waals surface area contributed by atoms with E-state index in [9.17, 15) is 0 Å². The van der Waals surface area contributed by atoms with Crippen molar-refractivity contribution in [3.8, 4) is 0 Å². The Morgan fingerprint density at radius 1 is 1.27 bits per heavy atom. The maximum atomic E-state index is 4.92. The third-order valence-corrected chi connectivity index (χ3v) is 5.42. The highest BCUT2D eigenvalue weighted by Crippen LogP contribution is 2.22. The van der Waals surface area contributed by atoms with E-state index in [1.165, 1.54) is 11.1 Å². The fourth-order valence-electron chi connectivity index (χ4n) is 3.89. The van der Waals surface area contributed by atoms with Gasteiger partial charge in [-0.25, -0.2) is 9.98 Å². The molecule has 2 N–H and O–H groups in total. The Balaban J connectivity index is 1.71. The lowest BCUT2D eigenvalue weighted by molar-refractivity contribution is 0.221. The highest BCUT2D eigenvalue weighted by atomic mass is 15.2. The third kappa shape index (κ3) is 5.95. The molecule has 0 radical (unpaired) electrons. The van der Waals surface area contributed by atoms with E-state index in [4.69, 9.17) is 9.98 Å². The summed E-state index contributed by atoms with van der Waals surface area (Å²) in [5.74, 6) is 1.85. The number of guanidine groups is 1. The van der Waals surface area contributed by atoms with Crippen molar-refractivity contribution in [3.05, 3.63) is 48.0 Å². The zero-order valence-electron chi connectivity index (χ0n) is 18.9. The molecule has 1 aliphatic heterocycles. The molecule has 0 unspecified atom stereocenters. The molecule has 162 valence electrons. The summed E-state index contributed by atoms with van der Waals surface area (Å²) in [5, 5.41) is 8.23. The molecular formula is C24H36N6. The first-order valence-electron chi connectivity index (χ1n) is 10.9. The summed E-state index contributed by atoms with van der Waals surface area (Å²) < 4.78 is 0. The van der Waals surface area contributed by atoms with Gasteiger partial charge >= 0.3 is 0 Å². The lowest BCUT2D eigenvalue weighted by atomic mass is 10.0. The first-order valence-corrected chi connectivity index (χ1v) is 10.9. The second-order valence-corrected chi connectivity index (χ2v) is 8.40. The number of pyridine rings is 1. The zero-order valence-corrected chi connectivity index (χ0v) is 18.9. The molecule has 0 aliphatic carbocycles. The van der Waals surface area contributed by atoms with Crippen LogP contribution in [0.25, 0.3) is 10.9 Å². The molecule has 0 atom stereocenters. The molecule has 1 aromatic carbocycles. The van der Waals surface area contributed by atoms with Crippen LogP contribution >= 0.6 is 0 Å². The first kappa shape index (κ1) is 22.1. The molecule has 1 aromatic heterocycles. The summed E-state index contributed by atoms with van der Waals surface area (Å²) >= 11 is 0. The van der Waals surface area contributed by atoms with E-state index < -0.39 is 0 Å². The number of nitrogens with zero attached hydrogens (tertiary/aromatic N) is 4. The first-order chi connectivity index (χ1) is 14.5. The number of benzene rings is 1. The second-order valence-electron chi connectivity index (χ2n) is 8.40. The Hall–Kier alpha value is -2.60. The van der Waals surface area contributed by atoms with Gasteiger partial charge in [0.15, 0.2) is 5.96 Å². The van der Waals surface area contributed by atoms with Crippen LogP contribution < -0.4 is 15.5 Å². The van der Waals surface area contributed by atoms with E-state index in [1.807, 2.05) is 25.1 Å². The second kappa shape index (κ2) is 10.4. The topological polar surface area (TPSA) is 55.8 Å². The number of piperidine rings is 1. The summed E-state index contributed by atoms with van der Waals surface area (Å²) in [4.78, 5) is 14.2. The minimum absolute atomic E-state index is 0.454. The van der Waals surface area contributed by atoms with Crippen LogP contribution in [0.2, 0.25) is 0 Å². The number of aliphatic imine (C=N–C) groups is 1. The fraction of sp³-hybridized carbons (Fsp3) is 0.500. The van der Waals surface area contributed by atoms with Gasteiger partial charge in [0.25, 0.3) is 0 Å². The number of nitrogens with one attached hydrogen (secondary N) is 2. The normalized spacial score (nSPS) is 15.9. The van der Waals surface area contributed by atoms with Crippen LogP contribution in [-0.2, 0) is 6.54 Å². The van der Waals surface area contributed by atoms with Crippen LogP contribution in [0, 0.1) is 0 Å². The maximum Gasteiger partial charge on any atom is 0.191 e. The zero-order chi connectivity index (χ0) is 21.5. The van der Waals surface area contributed by atoms with Crippen molar-refractivity contribution in [2.75, 3.05) is 45.2 Å². The van der Waals surface area contributed by atoms with Crippen molar-refractivity contribution in [3.63, 3.8) is 0 Å². The molecule has 6 nitrogen and oxygen atoms in total. The van der Waals surface area contributed by atoms with Crippen molar-refractivity contribution in [2.24, 2.45) is 4.99 Å². The monoisotopic (exact) mass is 408 g/mol. The lowest BCUT2D eigenvalue weighted by Gasteiger charge is -2.33. The van der Waals surface area contributed by atoms with Crippen LogP contribution in [0.4, 0.5) is 5.82 Å². The van der Waals surface area contributed by atoms with Gasteiger partial charge in [-0.3, -0.25) is 4.90 Å². The Labute approximate surface area is 181 Å². The third-order valence-electron chi connectivity index (χ3n) is 5.42. The number of anilines is 1. The molecule has 0 saturated carbocycles. The fourth-order valence-corrected chi connectivity index (χ4v) is 3.89. The van der Waals surface area contributed by atoms with Gasteiger partial charge in [-0.2, -0.15) is 0 Å². The van der Waals surface area contributed by atoms with E-state index in [2.05, 4.69) is 60.2 Å². The minimum Gasteiger partial charge on any atom is -0.363 e. The van der Waals surface area contributed by atoms with Gasteiger partial charge in [0, 0.05) is 51.7 Å². The van der Waals surface area contributed by atoms with E-state index in [1.54, 1.807) is 0 Å². The Kier molecular flexibility index (Phi) is 7.69. The Morgan fingerprint density at radius 2 is 2.00 bits per heavy atom. The van der Waals surface area contributed by atoms with Crippen molar-refractivity contribution in [1.82, 2.24) is 20.5 Å². The quantitative estimate of drug-likeness (QED) is 0.418. The van der Waals surface area contributed by atoms with E-state index in [-0.39, 0.29) is 0 Å². The number of fused-ring (bicyclic) bond motifs is 1. The highest BCUT2D eigenvalue weighted by molar-refractivity contribution is 5.85. The van der Waals surface area contributed by atoms with Gasteiger partial charge in [0.2, 0.25) is 0 Å². The SMILES string of the molecule is C=C(C)CN1CCC(NC(=NCc2cc(N(C)C)nc3ccccc23)NCC)CC1. The molecule has 1 fully saturated rings. The Morgan fingerprint density at radius 3 is 2.67 bits per heavy atom. The molecule has 2 heterocycles. The average Bonchev–Trinajstić information content (AvgIpc) is 2.72. The Bertz CT molecular complexity index is 880. The summed E-state index contributed by atoms with van der Waals surface area (Å²) in [6, 6.07) is 10.9. The number of likely N-dealkylation sites (tertiary alicyclic amines) is 1. The molecule has 0 bridgehead atoms. The molecular weight excluding hydrogens is 372 g/mol. The largest absolute Gasteiger partial charge is 0.363 e. The number of hydrogen-bond acceptors (Lipinski definition) is 4. The van der Waals surface area contributed by atoms with Crippen LogP contribution in [0.5, 0.6) is 0 Å². The van der Waals surface area contributed by atoms with E-state index in [0.717, 1.165) is 61.7 Å². The predicted molar refractivity (Wildman–Crippen MR) is 128 cm³/mol. The molecule has 1 saturated heterocycles. The molecule has 30 heavy (non-hydrogen) atoms. The van der Waals surface area contributed by atoms with Crippen molar-refractivity contribution in [2.45, 2.75) is 39.3 Å². The lowest BCUT2D eigenvalue weighted by Crippen LogP contribution is -2.48. The van der Waals surface area contributed by atoms with Crippen molar-refractivity contribution in [1.29, 1.82) is 0 Å². The number of rotatable bonds is 7. The van der Waals surface area contributed by atoms with Crippen LogP contribution in [0.3, 0.4) is 0 Å². The van der Waals surface area contributed by atoms with Crippen LogP contribution in [-0.4, -0.2) is 62.2 Å². The smallest absolute Gasteiger partial charge is 0.191 e. The van der Waals surface area contributed by atoms with Gasteiger partial charge in [-0.05, 0) is 44.4 Å². The van der Waals surface area contributed by atoms with E-state index >= 15 is 0 Å². The van der Waals surface area contributed by atoms with Crippen molar-refractivity contribution >= 4 is 22.7 Å². The highest BCUT2D eigenvalue weighted by Gasteiger charge is 2.19. The summed E-state index contributed by atoms with van der Waals surface area (Å²) in [5.41, 5.74) is 3.44. The minimum atomic E-state index is 0.454. The molecule has 2 aromatic rings. The standard InChI is InChI=1S/C24H36N6/c1-6-25-24(27-20-11-13-30(14-12-20)17-18(2)3)26-16-19-15-23(29(4)5)28-22-10-8-7-9-21(19)22/h7-10,15,20H,2,6,11-14,16-17H2,1,3-5H3,(H2,25,26,27).